The summed E-state index contributed by atoms with van der Waals surface area (Å²) in [5, 5.41) is 10.8. The number of hydrogen-bond donors (Lipinski definition) is 2. The molecule has 43 heavy (non-hydrogen) atoms. The zero-order valence-electron chi connectivity index (χ0n) is 23.0. The summed E-state index contributed by atoms with van der Waals surface area (Å²) in [5.74, 6) is 5.20. The van der Waals surface area contributed by atoms with Crippen LogP contribution in [-0.4, -0.2) is 47.7 Å². The van der Waals surface area contributed by atoms with E-state index in [4.69, 9.17) is 16.3 Å². The quantitative estimate of drug-likeness (QED) is 0.129. The lowest BCUT2D eigenvalue weighted by molar-refractivity contribution is -0.144. The first-order valence-electron chi connectivity index (χ1n) is 13.3. The van der Waals surface area contributed by atoms with Gasteiger partial charge >= 0.3 is 12.4 Å². The monoisotopic (exact) mass is 627 g/mol. The van der Waals surface area contributed by atoms with Crippen LogP contribution in [0.25, 0.3) is 10.9 Å². The standard InChI is InChI=1S/C30H28ClF6N3O3/c1-43-22-6-7-26-24(17-22)23(25(31)18-38-26)5-2-8-28(27(41)39-42)9-12-40(13-10-28)11-3-4-19-14-20(29(32,33)34)16-21(15-19)30(35,36)37/h6-7,14-18,42H,2,5,8-13H2,1H3,(H,39,41). The molecular weight excluding hydrogens is 600 g/mol. The number of piperidine rings is 1. The van der Waals surface area contributed by atoms with Gasteiger partial charge in [-0.05, 0) is 74.1 Å². The molecule has 230 valence electrons. The number of halogens is 7. The van der Waals surface area contributed by atoms with E-state index in [1.807, 2.05) is 17.0 Å². The molecule has 2 aromatic carbocycles. The number of carbonyl (C=O) groups excluding carboxylic acids is 1. The van der Waals surface area contributed by atoms with Gasteiger partial charge in [-0.15, -0.1) is 0 Å². The topological polar surface area (TPSA) is 74.7 Å². The van der Waals surface area contributed by atoms with Crippen LogP contribution in [0.4, 0.5) is 26.3 Å². The third kappa shape index (κ3) is 7.71. The number of nitrogens with zero attached hydrogens (tertiary/aromatic N) is 2. The molecule has 1 fully saturated rings. The number of aromatic nitrogens is 1. The zero-order chi connectivity index (χ0) is 31.4. The fraction of sp³-hybridized carbons (Fsp3) is 0.400. The Morgan fingerprint density at radius 1 is 1.09 bits per heavy atom. The second-order valence-electron chi connectivity index (χ2n) is 10.4. The molecule has 1 amide bonds. The average molecular weight is 628 g/mol. The summed E-state index contributed by atoms with van der Waals surface area (Å²) in [7, 11) is 1.56. The van der Waals surface area contributed by atoms with E-state index in [0.717, 1.165) is 16.5 Å². The number of ether oxygens (including phenoxy) is 1. The minimum absolute atomic E-state index is 0.0591. The van der Waals surface area contributed by atoms with Crippen molar-refractivity contribution in [1.82, 2.24) is 15.4 Å². The fourth-order valence-corrected chi connectivity index (χ4v) is 5.56. The summed E-state index contributed by atoms with van der Waals surface area (Å²) in [6, 6.07) is 6.71. The van der Waals surface area contributed by atoms with E-state index in [1.54, 1.807) is 24.9 Å². The largest absolute Gasteiger partial charge is 0.497 e. The molecule has 1 aromatic heterocycles. The molecule has 13 heteroatoms. The van der Waals surface area contributed by atoms with Crippen LogP contribution in [0.5, 0.6) is 5.75 Å². The van der Waals surface area contributed by atoms with Gasteiger partial charge in [-0.2, -0.15) is 26.3 Å². The maximum Gasteiger partial charge on any atom is 0.416 e. The number of fused-ring (bicyclic) bond motifs is 1. The average Bonchev–Trinajstić information content (AvgIpc) is 2.97. The molecule has 6 nitrogen and oxygen atoms in total. The number of hydroxylamine groups is 1. The van der Waals surface area contributed by atoms with Crippen molar-refractivity contribution in [2.45, 2.75) is 44.5 Å². The van der Waals surface area contributed by atoms with Crippen LogP contribution in [0, 0.1) is 17.3 Å². The lowest BCUT2D eigenvalue weighted by Gasteiger charge is -2.39. The number of benzene rings is 2. The number of methoxy groups -OCH3 is 1. The van der Waals surface area contributed by atoms with Gasteiger partial charge < -0.3 is 4.74 Å². The van der Waals surface area contributed by atoms with E-state index < -0.39 is 40.4 Å². The van der Waals surface area contributed by atoms with E-state index in [0.29, 0.717) is 68.1 Å². The van der Waals surface area contributed by atoms with Crippen molar-refractivity contribution >= 4 is 28.4 Å². The molecular formula is C30H28ClF6N3O3. The number of rotatable bonds is 7. The molecule has 1 aliphatic heterocycles. The van der Waals surface area contributed by atoms with Gasteiger partial charge in [-0.25, -0.2) is 5.48 Å². The van der Waals surface area contributed by atoms with Gasteiger partial charge in [0.05, 0.1) is 40.7 Å². The number of aryl methyl sites for hydroxylation is 1. The minimum atomic E-state index is -4.95. The van der Waals surface area contributed by atoms with Gasteiger partial charge in [0, 0.05) is 30.2 Å². The lowest BCUT2D eigenvalue weighted by Crippen LogP contribution is -2.48. The molecule has 2 heterocycles. The number of likely N-dealkylation sites (tertiary alicyclic amines) is 1. The third-order valence-electron chi connectivity index (χ3n) is 7.74. The number of pyridine rings is 1. The highest BCUT2D eigenvalue weighted by molar-refractivity contribution is 6.32. The summed E-state index contributed by atoms with van der Waals surface area (Å²) >= 11 is 6.46. The van der Waals surface area contributed by atoms with Crippen LogP contribution < -0.4 is 10.2 Å². The summed E-state index contributed by atoms with van der Waals surface area (Å²) in [6.07, 6.45) is -6.06. The summed E-state index contributed by atoms with van der Waals surface area (Å²) in [6.45, 7) is 0.845. The Bertz CT molecular complexity index is 1510. The molecule has 0 aliphatic carbocycles. The second-order valence-corrected chi connectivity index (χ2v) is 10.8. The number of hydrogen-bond acceptors (Lipinski definition) is 5. The lowest BCUT2D eigenvalue weighted by atomic mass is 9.73. The van der Waals surface area contributed by atoms with E-state index in [1.165, 1.54) is 0 Å². The molecule has 0 bridgehead atoms. The molecule has 4 rings (SSSR count). The Labute approximate surface area is 248 Å². The Balaban J connectivity index is 1.43. The van der Waals surface area contributed by atoms with Gasteiger partial charge in [0.2, 0.25) is 5.91 Å². The van der Waals surface area contributed by atoms with Crippen LogP contribution >= 0.6 is 11.6 Å². The van der Waals surface area contributed by atoms with Crippen molar-refractivity contribution < 1.29 is 41.1 Å². The third-order valence-corrected chi connectivity index (χ3v) is 8.06. The van der Waals surface area contributed by atoms with Gasteiger partial charge in [0.15, 0.2) is 0 Å². The van der Waals surface area contributed by atoms with Crippen molar-refractivity contribution in [2.24, 2.45) is 5.41 Å². The Morgan fingerprint density at radius 3 is 2.33 bits per heavy atom. The first-order valence-corrected chi connectivity index (χ1v) is 13.7. The van der Waals surface area contributed by atoms with Crippen molar-refractivity contribution in [1.29, 1.82) is 0 Å². The van der Waals surface area contributed by atoms with E-state index in [9.17, 15) is 36.3 Å². The predicted molar refractivity (Wildman–Crippen MR) is 148 cm³/mol. The number of amides is 1. The van der Waals surface area contributed by atoms with Crippen LogP contribution in [0.2, 0.25) is 5.02 Å². The molecule has 0 spiro atoms. The highest BCUT2D eigenvalue weighted by atomic mass is 35.5. The molecule has 0 unspecified atom stereocenters. The molecule has 1 saturated heterocycles. The number of alkyl halides is 6. The maximum atomic E-state index is 13.1. The summed E-state index contributed by atoms with van der Waals surface area (Å²) in [5.41, 5.74) is -0.746. The predicted octanol–water partition coefficient (Wildman–Crippen LogP) is 6.90. The first-order chi connectivity index (χ1) is 20.3. The highest BCUT2D eigenvalue weighted by Gasteiger charge is 2.41. The van der Waals surface area contributed by atoms with Crippen LogP contribution in [0.1, 0.15) is 47.9 Å². The molecule has 0 saturated carbocycles. The molecule has 2 N–H and O–H groups in total. The van der Waals surface area contributed by atoms with Gasteiger partial charge in [0.25, 0.3) is 0 Å². The van der Waals surface area contributed by atoms with E-state index >= 15 is 0 Å². The Hall–Kier alpha value is -3.53. The summed E-state index contributed by atoms with van der Waals surface area (Å²) in [4.78, 5) is 19.0. The minimum Gasteiger partial charge on any atom is -0.497 e. The van der Waals surface area contributed by atoms with Crippen LogP contribution in [0.3, 0.4) is 0 Å². The van der Waals surface area contributed by atoms with E-state index in [-0.39, 0.29) is 12.6 Å². The fourth-order valence-electron chi connectivity index (χ4n) is 5.32. The molecule has 0 atom stereocenters. The summed E-state index contributed by atoms with van der Waals surface area (Å²) < 4.78 is 84.1. The van der Waals surface area contributed by atoms with Gasteiger partial charge in [0.1, 0.15) is 5.75 Å². The Kier molecular flexibility index (Phi) is 9.79. The van der Waals surface area contributed by atoms with Gasteiger partial charge in [-0.1, -0.05) is 23.4 Å². The number of nitrogens with one attached hydrogen (secondary N) is 1. The van der Waals surface area contributed by atoms with Crippen LogP contribution in [-0.2, 0) is 23.6 Å². The van der Waals surface area contributed by atoms with Crippen LogP contribution in [0.15, 0.2) is 42.6 Å². The SMILES string of the molecule is COc1ccc2ncc(Cl)c(CCCC3(C(=O)NO)CCN(CC#Cc4cc(C(F)(F)F)cc(C(F)(F)F)c4)CC3)c2c1. The zero-order valence-corrected chi connectivity index (χ0v) is 23.8. The van der Waals surface area contributed by atoms with Gasteiger partial charge in [-0.3, -0.25) is 19.9 Å². The van der Waals surface area contributed by atoms with Crippen molar-refractivity contribution in [3.05, 3.63) is 69.9 Å². The molecule has 1 aliphatic rings. The first kappa shape index (κ1) is 32.4. The normalized spacial score (nSPS) is 15.6. The van der Waals surface area contributed by atoms with E-state index in [2.05, 4.69) is 16.8 Å². The Morgan fingerprint density at radius 2 is 1.74 bits per heavy atom. The maximum absolute atomic E-state index is 13.1. The highest BCUT2D eigenvalue weighted by Crippen LogP contribution is 2.39. The van der Waals surface area contributed by atoms with Crippen molar-refractivity contribution in [3.63, 3.8) is 0 Å². The second kappa shape index (κ2) is 13.0. The smallest absolute Gasteiger partial charge is 0.416 e. The number of carbonyl (C=O) groups is 1. The van der Waals surface area contributed by atoms with Crippen molar-refractivity contribution in [2.75, 3.05) is 26.7 Å². The van der Waals surface area contributed by atoms with Crippen molar-refractivity contribution in [3.8, 4) is 17.6 Å². The molecule has 3 aromatic rings. The molecule has 0 radical (unpaired) electrons.